The van der Waals surface area contributed by atoms with E-state index < -0.39 is 37.2 Å². The van der Waals surface area contributed by atoms with Crippen molar-refractivity contribution in [2.24, 2.45) is 5.73 Å². The van der Waals surface area contributed by atoms with Crippen LogP contribution < -0.4 is 5.73 Å². The van der Waals surface area contributed by atoms with Gasteiger partial charge in [0, 0.05) is 0 Å². The Labute approximate surface area is 155 Å². The van der Waals surface area contributed by atoms with Crippen molar-refractivity contribution in [2.45, 2.75) is 77.2 Å². The number of aliphatic carboxylic acids is 1. The van der Waals surface area contributed by atoms with Crippen molar-refractivity contribution in [3.05, 3.63) is 0 Å². The molecule has 0 aromatic rings. The van der Waals surface area contributed by atoms with Crippen LogP contribution in [0.4, 0.5) is 4.79 Å². The zero-order valence-electron chi connectivity index (χ0n) is 15.8. The van der Waals surface area contributed by atoms with Gasteiger partial charge in [-0.2, -0.15) is 0 Å². The van der Waals surface area contributed by atoms with Gasteiger partial charge < -0.3 is 20.7 Å². The van der Waals surface area contributed by atoms with E-state index in [0.717, 1.165) is 19.3 Å². The van der Waals surface area contributed by atoms with Gasteiger partial charge in [0.2, 0.25) is 5.91 Å². The molecule has 0 rings (SSSR count). The second kappa shape index (κ2) is 15.6. The van der Waals surface area contributed by atoms with Crippen molar-refractivity contribution >= 4 is 18.0 Å². The number of imide groups is 1. The van der Waals surface area contributed by atoms with Crippen molar-refractivity contribution in [3.63, 3.8) is 0 Å². The minimum absolute atomic E-state index is 0.0987. The van der Waals surface area contributed by atoms with Crippen LogP contribution in [0.1, 0.15) is 71.1 Å². The van der Waals surface area contributed by atoms with E-state index in [-0.39, 0.29) is 6.61 Å². The standard InChI is InChI=1S/C18H34N2O6/c1-2-3-4-5-6-7-8-9-10-11-12-26-18(25)20(16(22)13-19)15(14-21)17(23)24/h15,21H,2-14,19H2,1H3,(H,23,24). The summed E-state index contributed by atoms with van der Waals surface area (Å²) < 4.78 is 4.97. The number of hydrogen-bond donors (Lipinski definition) is 3. The molecule has 0 aliphatic heterocycles. The molecule has 0 aromatic carbocycles. The van der Waals surface area contributed by atoms with Crippen molar-refractivity contribution < 1.29 is 29.3 Å². The summed E-state index contributed by atoms with van der Waals surface area (Å²) in [6.07, 6.45) is 10.2. The predicted molar refractivity (Wildman–Crippen MR) is 97.6 cm³/mol. The highest BCUT2D eigenvalue weighted by Gasteiger charge is 2.34. The highest BCUT2D eigenvalue weighted by atomic mass is 16.6. The number of hydrogen-bond acceptors (Lipinski definition) is 6. The summed E-state index contributed by atoms with van der Waals surface area (Å²) in [4.78, 5) is 35.1. The van der Waals surface area contributed by atoms with Gasteiger partial charge >= 0.3 is 12.1 Å². The van der Waals surface area contributed by atoms with Gasteiger partial charge in [0.1, 0.15) is 0 Å². The number of carboxylic acids is 1. The molecule has 0 spiro atoms. The number of amides is 2. The minimum atomic E-state index is -1.69. The normalized spacial score (nSPS) is 11.8. The highest BCUT2D eigenvalue weighted by Crippen LogP contribution is 2.11. The van der Waals surface area contributed by atoms with Gasteiger partial charge in [-0.1, -0.05) is 64.7 Å². The Kier molecular flexibility index (Phi) is 14.6. The molecule has 0 radical (unpaired) electrons. The van der Waals surface area contributed by atoms with Gasteiger partial charge in [0.15, 0.2) is 6.04 Å². The molecule has 1 atom stereocenters. The van der Waals surface area contributed by atoms with E-state index in [2.05, 4.69) is 6.92 Å². The summed E-state index contributed by atoms with van der Waals surface area (Å²) in [6.45, 7) is 0.858. The number of carbonyl (C=O) groups excluding carboxylic acids is 2. The third-order valence-electron chi connectivity index (χ3n) is 4.13. The summed E-state index contributed by atoms with van der Waals surface area (Å²) in [5, 5.41) is 18.1. The summed E-state index contributed by atoms with van der Waals surface area (Å²) >= 11 is 0. The second-order valence-corrected chi connectivity index (χ2v) is 6.30. The van der Waals surface area contributed by atoms with Crippen molar-refractivity contribution in [1.82, 2.24) is 4.90 Å². The van der Waals surface area contributed by atoms with Crippen LogP contribution in [0.2, 0.25) is 0 Å². The van der Waals surface area contributed by atoms with Gasteiger partial charge in [-0.3, -0.25) is 4.79 Å². The first kappa shape index (κ1) is 24.3. The Bertz CT molecular complexity index is 416. The van der Waals surface area contributed by atoms with Gasteiger partial charge in [-0.15, -0.1) is 0 Å². The van der Waals surface area contributed by atoms with E-state index in [1.54, 1.807) is 0 Å². The van der Waals surface area contributed by atoms with Gasteiger partial charge in [-0.25, -0.2) is 14.5 Å². The lowest BCUT2D eigenvalue weighted by Crippen LogP contribution is -2.52. The number of carbonyl (C=O) groups is 3. The van der Waals surface area contributed by atoms with Gasteiger partial charge in [0.05, 0.1) is 19.8 Å². The first-order chi connectivity index (χ1) is 12.5. The summed E-state index contributed by atoms with van der Waals surface area (Å²) in [7, 11) is 0. The molecule has 4 N–H and O–H groups in total. The van der Waals surface area contributed by atoms with E-state index in [0.29, 0.717) is 11.3 Å². The molecule has 0 saturated carbocycles. The van der Waals surface area contributed by atoms with Gasteiger partial charge in [0.25, 0.3) is 0 Å². The van der Waals surface area contributed by atoms with E-state index in [1.807, 2.05) is 0 Å². The Morgan fingerprint density at radius 1 is 0.962 bits per heavy atom. The maximum atomic E-state index is 12.0. The maximum Gasteiger partial charge on any atom is 0.417 e. The molecule has 152 valence electrons. The SMILES string of the molecule is CCCCCCCCCCCCOC(=O)N(C(=O)CN)C(CO)C(=O)O. The fourth-order valence-electron chi connectivity index (χ4n) is 2.59. The highest BCUT2D eigenvalue weighted by molar-refractivity contribution is 5.97. The average molecular weight is 374 g/mol. The zero-order chi connectivity index (χ0) is 19.8. The Hall–Kier alpha value is -1.67. The number of carboxylic acid groups (broad SMARTS) is 1. The molecule has 0 fully saturated rings. The molecule has 0 aromatic heterocycles. The molecule has 8 heteroatoms. The molecular weight excluding hydrogens is 340 g/mol. The Balaban J connectivity index is 3.99. The van der Waals surface area contributed by atoms with Crippen LogP contribution >= 0.6 is 0 Å². The lowest BCUT2D eigenvalue weighted by molar-refractivity contribution is -0.149. The number of nitrogens with two attached hydrogens (primary N) is 1. The van der Waals surface area contributed by atoms with Crippen LogP contribution in [0.5, 0.6) is 0 Å². The summed E-state index contributed by atoms with van der Waals surface area (Å²) in [5.41, 5.74) is 5.19. The van der Waals surface area contributed by atoms with Crippen molar-refractivity contribution in [3.8, 4) is 0 Å². The molecule has 26 heavy (non-hydrogen) atoms. The molecule has 1 unspecified atom stereocenters. The lowest BCUT2D eigenvalue weighted by atomic mass is 10.1. The van der Waals surface area contributed by atoms with E-state index >= 15 is 0 Å². The number of ether oxygens (including phenoxy) is 1. The molecule has 2 amide bonds. The van der Waals surface area contributed by atoms with Crippen molar-refractivity contribution in [1.29, 1.82) is 0 Å². The number of aliphatic hydroxyl groups is 1. The lowest BCUT2D eigenvalue weighted by Gasteiger charge is -2.24. The number of nitrogens with zero attached hydrogens (tertiary/aromatic N) is 1. The predicted octanol–water partition coefficient (Wildman–Crippen LogP) is 2.28. The third kappa shape index (κ3) is 10.4. The minimum Gasteiger partial charge on any atom is -0.480 e. The van der Waals surface area contributed by atoms with E-state index in [1.165, 1.54) is 38.5 Å². The number of aliphatic hydroxyl groups excluding tert-OH is 1. The summed E-state index contributed by atoms with van der Waals surface area (Å²) in [6, 6.07) is -1.69. The molecule has 0 aliphatic carbocycles. The molecule has 0 saturated heterocycles. The molecule has 0 heterocycles. The molecular formula is C18H34N2O6. The first-order valence-electron chi connectivity index (χ1n) is 9.52. The quantitative estimate of drug-likeness (QED) is 0.375. The van der Waals surface area contributed by atoms with Crippen LogP contribution in [0.3, 0.4) is 0 Å². The molecule has 8 nitrogen and oxygen atoms in total. The van der Waals surface area contributed by atoms with Crippen LogP contribution in [0, 0.1) is 0 Å². The third-order valence-corrected chi connectivity index (χ3v) is 4.13. The fourth-order valence-corrected chi connectivity index (χ4v) is 2.59. The van der Waals surface area contributed by atoms with Crippen LogP contribution in [0.25, 0.3) is 0 Å². The average Bonchev–Trinajstić information content (AvgIpc) is 2.62. The Morgan fingerprint density at radius 2 is 1.46 bits per heavy atom. The van der Waals surface area contributed by atoms with Crippen molar-refractivity contribution in [2.75, 3.05) is 19.8 Å². The first-order valence-corrected chi connectivity index (χ1v) is 9.52. The second-order valence-electron chi connectivity index (χ2n) is 6.30. The van der Waals surface area contributed by atoms with Crippen LogP contribution in [-0.4, -0.2) is 58.9 Å². The molecule has 0 aliphatic rings. The Morgan fingerprint density at radius 3 is 1.88 bits per heavy atom. The zero-order valence-corrected chi connectivity index (χ0v) is 15.8. The van der Waals surface area contributed by atoms with Gasteiger partial charge in [-0.05, 0) is 6.42 Å². The largest absolute Gasteiger partial charge is 0.480 e. The van der Waals surface area contributed by atoms with Crippen LogP contribution in [0.15, 0.2) is 0 Å². The fraction of sp³-hybridized carbons (Fsp3) is 0.833. The number of unbranched alkanes of at least 4 members (excludes halogenated alkanes) is 9. The summed E-state index contributed by atoms with van der Waals surface area (Å²) in [5.74, 6) is -2.40. The maximum absolute atomic E-state index is 12.0. The smallest absolute Gasteiger partial charge is 0.417 e. The van der Waals surface area contributed by atoms with Crippen LogP contribution in [-0.2, 0) is 14.3 Å². The topological polar surface area (TPSA) is 130 Å². The molecule has 0 bridgehead atoms. The number of rotatable bonds is 15. The monoisotopic (exact) mass is 374 g/mol. The van der Waals surface area contributed by atoms with E-state index in [4.69, 9.17) is 20.7 Å². The van der Waals surface area contributed by atoms with E-state index in [9.17, 15) is 14.4 Å².